The van der Waals surface area contributed by atoms with Gasteiger partial charge >= 0.3 is 0 Å². The molecule has 1 atom stereocenters. The normalized spacial score (nSPS) is 17.7. The molecule has 7 heteroatoms. The second-order valence-corrected chi connectivity index (χ2v) is 7.88. The lowest BCUT2D eigenvalue weighted by Gasteiger charge is -2.27. The molecule has 0 saturated heterocycles. The molecule has 0 bridgehead atoms. The van der Waals surface area contributed by atoms with Crippen LogP contribution in [0.4, 0.5) is 0 Å². The summed E-state index contributed by atoms with van der Waals surface area (Å²) >= 11 is 12.0. The summed E-state index contributed by atoms with van der Waals surface area (Å²) in [6.45, 7) is 1.05. The van der Waals surface area contributed by atoms with Crippen LogP contribution in [-0.4, -0.2) is 21.5 Å². The first-order valence-electron chi connectivity index (χ1n) is 7.24. The number of hydrogen-bond acceptors (Lipinski definition) is 3. The van der Waals surface area contributed by atoms with E-state index in [1.54, 1.807) is 6.07 Å². The van der Waals surface area contributed by atoms with E-state index in [1.807, 2.05) is 18.2 Å². The fourth-order valence-electron chi connectivity index (χ4n) is 2.78. The molecule has 0 aromatic heterocycles. The molecular formula is C16H16Cl2N2O2S. The molecule has 1 aliphatic heterocycles. The lowest BCUT2D eigenvalue weighted by atomic mass is 9.95. The number of nitrogens with one attached hydrogen (secondary N) is 2. The Labute approximate surface area is 145 Å². The van der Waals surface area contributed by atoms with Gasteiger partial charge in [-0.3, -0.25) is 0 Å². The Balaban J connectivity index is 1.81. The minimum Gasteiger partial charge on any atom is -0.308 e. The monoisotopic (exact) mass is 370 g/mol. The Morgan fingerprint density at radius 2 is 1.78 bits per heavy atom. The van der Waals surface area contributed by atoms with Crippen LogP contribution in [-0.2, 0) is 16.4 Å². The summed E-state index contributed by atoms with van der Waals surface area (Å²) in [5, 5.41) is 3.56. The summed E-state index contributed by atoms with van der Waals surface area (Å²) in [7, 11) is -3.78. The fourth-order valence-corrected chi connectivity index (χ4v) is 4.97. The highest BCUT2D eigenvalue weighted by atomic mass is 35.5. The molecule has 0 saturated carbocycles. The van der Waals surface area contributed by atoms with E-state index in [0.29, 0.717) is 0 Å². The maximum Gasteiger partial charge on any atom is 0.243 e. The van der Waals surface area contributed by atoms with E-state index in [2.05, 4.69) is 16.1 Å². The molecule has 122 valence electrons. The maximum atomic E-state index is 12.5. The van der Waals surface area contributed by atoms with E-state index in [-0.39, 0.29) is 27.5 Å². The van der Waals surface area contributed by atoms with Gasteiger partial charge in [0.15, 0.2) is 0 Å². The molecule has 0 aliphatic carbocycles. The zero-order chi connectivity index (χ0) is 16.4. The van der Waals surface area contributed by atoms with Gasteiger partial charge in [-0.05, 0) is 36.2 Å². The lowest BCUT2D eigenvalue weighted by molar-refractivity contribution is 0.491. The smallest absolute Gasteiger partial charge is 0.243 e. The van der Waals surface area contributed by atoms with Crippen LogP contribution in [0, 0.1) is 0 Å². The molecule has 3 rings (SSSR count). The minimum atomic E-state index is -3.78. The van der Waals surface area contributed by atoms with Crippen LogP contribution < -0.4 is 10.0 Å². The fraction of sp³-hybridized carbons (Fsp3) is 0.250. The first-order chi connectivity index (χ1) is 11.0. The first kappa shape index (κ1) is 16.7. The van der Waals surface area contributed by atoms with E-state index in [1.165, 1.54) is 17.7 Å². The number of fused-ring (bicyclic) bond motifs is 1. The molecular weight excluding hydrogens is 355 g/mol. The summed E-state index contributed by atoms with van der Waals surface area (Å²) in [6.07, 6.45) is 0.940. The first-order valence-corrected chi connectivity index (χ1v) is 9.48. The molecule has 0 spiro atoms. The van der Waals surface area contributed by atoms with Gasteiger partial charge in [0.05, 0.1) is 10.0 Å². The van der Waals surface area contributed by atoms with Gasteiger partial charge in [0, 0.05) is 12.6 Å². The Morgan fingerprint density at radius 1 is 1.09 bits per heavy atom. The van der Waals surface area contributed by atoms with Crippen LogP contribution in [0.5, 0.6) is 0 Å². The molecule has 1 aliphatic rings. The topological polar surface area (TPSA) is 58.2 Å². The van der Waals surface area contributed by atoms with Gasteiger partial charge in [0.25, 0.3) is 0 Å². The van der Waals surface area contributed by atoms with E-state index < -0.39 is 10.0 Å². The van der Waals surface area contributed by atoms with Gasteiger partial charge in [0.1, 0.15) is 4.90 Å². The molecule has 23 heavy (non-hydrogen) atoms. The third kappa shape index (κ3) is 3.54. The van der Waals surface area contributed by atoms with Crippen LogP contribution in [0.15, 0.2) is 47.4 Å². The highest BCUT2D eigenvalue weighted by Crippen LogP contribution is 2.29. The molecule has 1 heterocycles. The molecule has 4 nitrogen and oxygen atoms in total. The Hall–Kier alpha value is -1.11. The zero-order valence-corrected chi connectivity index (χ0v) is 14.5. The lowest BCUT2D eigenvalue weighted by Crippen LogP contribution is -2.38. The number of hydrogen-bond donors (Lipinski definition) is 2. The van der Waals surface area contributed by atoms with Gasteiger partial charge in [0.2, 0.25) is 10.0 Å². The minimum absolute atomic E-state index is 0.0732. The van der Waals surface area contributed by atoms with Crippen molar-refractivity contribution in [2.24, 2.45) is 0 Å². The largest absolute Gasteiger partial charge is 0.308 e. The highest BCUT2D eigenvalue weighted by molar-refractivity contribution is 7.89. The van der Waals surface area contributed by atoms with Crippen molar-refractivity contribution in [3.63, 3.8) is 0 Å². The van der Waals surface area contributed by atoms with Crippen molar-refractivity contribution in [2.45, 2.75) is 17.4 Å². The van der Waals surface area contributed by atoms with Gasteiger partial charge in [-0.25, -0.2) is 13.1 Å². The predicted molar refractivity (Wildman–Crippen MR) is 92.5 cm³/mol. The quantitative estimate of drug-likeness (QED) is 0.868. The van der Waals surface area contributed by atoms with Crippen LogP contribution in [0.2, 0.25) is 10.0 Å². The number of benzene rings is 2. The Bertz CT molecular complexity index is 804. The number of sulfonamides is 1. The molecule has 0 radical (unpaired) electrons. The van der Waals surface area contributed by atoms with Crippen LogP contribution >= 0.6 is 23.2 Å². The zero-order valence-electron chi connectivity index (χ0n) is 12.2. The van der Waals surface area contributed by atoms with Crippen molar-refractivity contribution in [3.05, 3.63) is 63.6 Å². The Kier molecular flexibility index (Phi) is 4.94. The molecule has 2 N–H and O–H groups in total. The maximum absolute atomic E-state index is 12.5. The van der Waals surface area contributed by atoms with Gasteiger partial charge in [-0.2, -0.15) is 0 Å². The molecule has 0 fully saturated rings. The van der Waals surface area contributed by atoms with Crippen molar-refractivity contribution in [3.8, 4) is 0 Å². The van der Waals surface area contributed by atoms with Gasteiger partial charge in [-0.1, -0.05) is 53.5 Å². The standard InChI is InChI=1S/C16H16Cl2N2O2S/c17-13-6-3-7-14(18)16(13)23(21,22)20-10-15-12-5-2-1-4-11(12)8-9-19-15/h1-7,15,19-20H,8-10H2. The van der Waals surface area contributed by atoms with Crippen molar-refractivity contribution in [1.29, 1.82) is 0 Å². The predicted octanol–water partition coefficient (Wildman–Crippen LogP) is 3.16. The summed E-state index contributed by atoms with van der Waals surface area (Å²) in [6, 6.07) is 12.6. The summed E-state index contributed by atoms with van der Waals surface area (Å²) < 4.78 is 27.6. The highest BCUT2D eigenvalue weighted by Gasteiger charge is 2.25. The average molecular weight is 371 g/mol. The summed E-state index contributed by atoms with van der Waals surface area (Å²) in [4.78, 5) is -0.0765. The van der Waals surface area contributed by atoms with Crippen molar-refractivity contribution >= 4 is 33.2 Å². The second kappa shape index (κ2) is 6.79. The number of halogens is 2. The number of rotatable bonds is 4. The van der Waals surface area contributed by atoms with Crippen LogP contribution in [0.3, 0.4) is 0 Å². The SMILES string of the molecule is O=S(=O)(NCC1NCCc2ccccc21)c1c(Cl)cccc1Cl. The molecule has 2 aromatic rings. The molecule has 0 amide bonds. The van der Waals surface area contributed by atoms with E-state index >= 15 is 0 Å². The van der Waals surface area contributed by atoms with E-state index in [4.69, 9.17) is 23.2 Å². The van der Waals surface area contributed by atoms with Gasteiger partial charge in [-0.15, -0.1) is 0 Å². The van der Waals surface area contributed by atoms with E-state index in [0.717, 1.165) is 18.5 Å². The van der Waals surface area contributed by atoms with Crippen LogP contribution in [0.1, 0.15) is 17.2 Å². The van der Waals surface area contributed by atoms with Crippen molar-refractivity contribution in [2.75, 3.05) is 13.1 Å². The average Bonchev–Trinajstić information content (AvgIpc) is 2.52. The van der Waals surface area contributed by atoms with Crippen molar-refractivity contribution in [1.82, 2.24) is 10.0 Å². The summed E-state index contributed by atoms with van der Waals surface area (Å²) in [5.74, 6) is 0. The summed E-state index contributed by atoms with van der Waals surface area (Å²) in [5.41, 5.74) is 2.36. The third-order valence-corrected chi connectivity index (χ3v) is 6.26. The Morgan fingerprint density at radius 3 is 2.52 bits per heavy atom. The molecule has 1 unspecified atom stereocenters. The van der Waals surface area contributed by atoms with Crippen molar-refractivity contribution < 1.29 is 8.42 Å². The van der Waals surface area contributed by atoms with Crippen LogP contribution in [0.25, 0.3) is 0 Å². The van der Waals surface area contributed by atoms with E-state index in [9.17, 15) is 8.42 Å². The third-order valence-electron chi connectivity index (χ3n) is 3.88. The molecule has 2 aromatic carbocycles. The van der Waals surface area contributed by atoms with Gasteiger partial charge < -0.3 is 5.32 Å². The second-order valence-electron chi connectivity index (χ2n) is 5.36.